The van der Waals surface area contributed by atoms with E-state index in [1.165, 1.54) is 24.3 Å². The summed E-state index contributed by atoms with van der Waals surface area (Å²) >= 11 is 41.8. The van der Waals surface area contributed by atoms with Gasteiger partial charge in [-0.15, -0.1) is 0 Å². The minimum absolute atomic E-state index is 0.0760. The van der Waals surface area contributed by atoms with Crippen LogP contribution in [0, 0.1) is 0 Å². The third-order valence-electron chi connectivity index (χ3n) is 3.75. The molecule has 0 aliphatic rings. The van der Waals surface area contributed by atoms with Crippen molar-refractivity contribution in [3.05, 3.63) is 61.5 Å². The molecule has 154 valence electrons. The number of alkyl halides is 3. The molecule has 0 saturated heterocycles. The quantitative estimate of drug-likeness (QED) is 0.321. The average Bonchev–Trinajstić information content (AvgIpc) is 2.46. The van der Waals surface area contributed by atoms with Crippen LogP contribution >= 0.6 is 81.2 Å². The highest BCUT2D eigenvalue weighted by Gasteiger charge is 2.39. The lowest BCUT2D eigenvalue weighted by atomic mass is 9.85. The van der Waals surface area contributed by atoms with Gasteiger partial charge in [-0.2, -0.15) is 8.42 Å². The summed E-state index contributed by atoms with van der Waals surface area (Å²) in [6.07, 6.45) is -0.586. The molecule has 0 amide bonds. The van der Waals surface area contributed by atoms with Gasteiger partial charge in [-0.1, -0.05) is 81.2 Å². The van der Waals surface area contributed by atoms with Crippen LogP contribution in [0.1, 0.15) is 17.5 Å². The summed E-state index contributed by atoms with van der Waals surface area (Å²) in [6, 6.07) is 6.53. The van der Waals surface area contributed by atoms with Crippen LogP contribution in [0.25, 0.3) is 0 Å². The maximum Gasteiger partial charge on any atom is 0.296 e. The van der Waals surface area contributed by atoms with E-state index in [0.29, 0.717) is 0 Å². The van der Waals surface area contributed by atoms with Gasteiger partial charge in [-0.05, 0) is 41.5 Å². The van der Waals surface area contributed by atoms with Gasteiger partial charge in [0.25, 0.3) is 10.1 Å². The minimum atomic E-state index is -4.59. The summed E-state index contributed by atoms with van der Waals surface area (Å²) in [7, 11) is -4.59. The number of hydrogen-bond acceptors (Lipinski definition) is 3. The molecule has 0 radical (unpaired) electrons. The van der Waals surface area contributed by atoms with Gasteiger partial charge in [0, 0.05) is 27.9 Å². The zero-order chi connectivity index (χ0) is 21.5. The van der Waals surface area contributed by atoms with Gasteiger partial charge in [0.15, 0.2) is 3.79 Å². The van der Waals surface area contributed by atoms with Crippen LogP contribution in [-0.2, 0) is 22.1 Å². The molecule has 0 aromatic heterocycles. The highest BCUT2D eigenvalue weighted by atomic mass is 35.6. The predicted molar refractivity (Wildman–Crippen MR) is 115 cm³/mol. The smallest absolute Gasteiger partial charge is 0.296 e. The summed E-state index contributed by atoms with van der Waals surface area (Å²) < 4.78 is 30.1. The molecule has 28 heavy (non-hydrogen) atoms. The Morgan fingerprint density at radius 1 is 0.857 bits per heavy atom. The van der Waals surface area contributed by atoms with Crippen LogP contribution in [0.2, 0.25) is 20.1 Å². The molecule has 12 heteroatoms. The standard InChI is InChI=1S/C16H11Cl7O4S/c17-10-2-9(3-11(18)4-10)15(24,7-16(21,22)23)6-8-1-13(20)14(5-12(8)19)28(25,26)27/h1-5,24H,6-7H2,(H,25,26,27). The van der Waals surface area contributed by atoms with Crippen LogP contribution in [0.3, 0.4) is 0 Å². The molecule has 0 aliphatic carbocycles. The maximum absolute atomic E-state index is 11.4. The van der Waals surface area contributed by atoms with Crippen LogP contribution in [-0.4, -0.2) is 21.9 Å². The summed E-state index contributed by atoms with van der Waals surface area (Å²) in [4.78, 5) is -0.571. The lowest BCUT2D eigenvalue weighted by Crippen LogP contribution is -2.33. The number of hydrogen-bond donors (Lipinski definition) is 2. The van der Waals surface area contributed by atoms with E-state index in [9.17, 15) is 18.1 Å². The Balaban J connectivity index is 2.59. The minimum Gasteiger partial charge on any atom is -0.385 e. The molecule has 0 bridgehead atoms. The first-order valence-electron chi connectivity index (χ1n) is 7.32. The molecular weight excluding hydrogens is 536 g/mol. The largest absolute Gasteiger partial charge is 0.385 e. The normalized spacial score (nSPS) is 14.8. The Bertz CT molecular complexity index is 985. The molecule has 0 fully saturated rings. The molecule has 2 rings (SSSR count). The fourth-order valence-electron chi connectivity index (χ4n) is 2.64. The van der Waals surface area contributed by atoms with Crippen molar-refractivity contribution >= 4 is 91.3 Å². The number of benzene rings is 2. The Morgan fingerprint density at radius 3 is 1.86 bits per heavy atom. The molecule has 1 atom stereocenters. The third kappa shape index (κ3) is 6.42. The van der Waals surface area contributed by atoms with Crippen LogP contribution in [0.4, 0.5) is 0 Å². The van der Waals surface area contributed by atoms with E-state index in [-0.39, 0.29) is 44.1 Å². The monoisotopic (exact) mass is 544 g/mol. The Hall–Kier alpha value is 0.340. The summed E-state index contributed by atoms with van der Waals surface area (Å²) in [5.74, 6) is 0. The number of aliphatic hydroxyl groups is 1. The maximum atomic E-state index is 11.4. The number of rotatable bonds is 5. The van der Waals surface area contributed by atoms with Crippen molar-refractivity contribution in [3.63, 3.8) is 0 Å². The molecule has 2 aromatic carbocycles. The van der Waals surface area contributed by atoms with Crippen LogP contribution < -0.4 is 0 Å². The molecule has 1 unspecified atom stereocenters. The van der Waals surface area contributed by atoms with Gasteiger partial charge in [-0.25, -0.2) is 0 Å². The second-order valence-electron chi connectivity index (χ2n) is 6.01. The van der Waals surface area contributed by atoms with Gasteiger partial charge < -0.3 is 5.11 Å². The van der Waals surface area contributed by atoms with E-state index in [0.717, 1.165) is 6.07 Å². The first kappa shape index (κ1) is 24.6. The summed E-state index contributed by atoms with van der Waals surface area (Å²) in [5, 5.41) is 11.5. The third-order valence-corrected chi connectivity index (χ3v) is 6.26. The number of halogens is 7. The van der Waals surface area contributed by atoms with Crippen molar-refractivity contribution in [2.24, 2.45) is 0 Å². The van der Waals surface area contributed by atoms with Crippen LogP contribution in [0.5, 0.6) is 0 Å². The van der Waals surface area contributed by atoms with Crippen molar-refractivity contribution < 1.29 is 18.1 Å². The molecule has 2 N–H and O–H groups in total. The van der Waals surface area contributed by atoms with E-state index in [1.54, 1.807) is 0 Å². The van der Waals surface area contributed by atoms with Crippen molar-refractivity contribution in [1.29, 1.82) is 0 Å². The van der Waals surface area contributed by atoms with Crippen LogP contribution in [0.15, 0.2) is 35.2 Å². The Kier molecular flexibility index (Phi) is 7.76. The van der Waals surface area contributed by atoms with Crippen molar-refractivity contribution in [3.8, 4) is 0 Å². The van der Waals surface area contributed by atoms with E-state index < -0.39 is 24.4 Å². The Labute approximate surface area is 196 Å². The lowest BCUT2D eigenvalue weighted by molar-refractivity contribution is 0.0289. The van der Waals surface area contributed by atoms with Gasteiger partial charge in [0.05, 0.1) is 10.6 Å². The molecule has 0 spiro atoms. The topological polar surface area (TPSA) is 74.6 Å². The van der Waals surface area contributed by atoms with Crippen molar-refractivity contribution in [2.75, 3.05) is 0 Å². The predicted octanol–water partition coefficient (Wildman–Crippen LogP) is 6.74. The summed E-state index contributed by atoms with van der Waals surface area (Å²) in [6.45, 7) is 0. The first-order chi connectivity index (χ1) is 12.6. The zero-order valence-electron chi connectivity index (χ0n) is 13.6. The molecule has 0 aliphatic heterocycles. The van der Waals surface area contributed by atoms with Gasteiger partial charge in [-0.3, -0.25) is 4.55 Å². The average molecular weight is 547 g/mol. The SMILES string of the molecule is O=S(=O)(O)c1cc(Cl)c(CC(O)(CC(Cl)(Cl)Cl)c2cc(Cl)cc(Cl)c2)cc1Cl. The summed E-state index contributed by atoms with van der Waals surface area (Å²) in [5.41, 5.74) is -1.30. The second kappa shape index (κ2) is 8.83. The fraction of sp³-hybridized carbons (Fsp3) is 0.250. The highest BCUT2D eigenvalue weighted by molar-refractivity contribution is 7.86. The zero-order valence-corrected chi connectivity index (χ0v) is 19.7. The van der Waals surface area contributed by atoms with Gasteiger partial charge in [0.1, 0.15) is 4.90 Å². The van der Waals surface area contributed by atoms with E-state index >= 15 is 0 Å². The van der Waals surface area contributed by atoms with Gasteiger partial charge >= 0.3 is 0 Å². The van der Waals surface area contributed by atoms with E-state index in [1.807, 2.05) is 0 Å². The fourth-order valence-corrected chi connectivity index (χ4v) is 5.17. The van der Waals surface area contributed by atoms with E-state index in [2.05, 4.69) is 0 Å². The van der Waals surface area contributed by atoms with E-state index in [4.69, 9.17) is 81.2 Å². The van der Waals surface area contributed by atoms with Gasteiger partial charge in [0.2, 0.25) is 0 Å². The van der Waals surface area contributed by atoms with Crippen molar-refractivity contribution in [2.45, 2.75) is 27.1 Å². The molecule has 0 saturated carbocycles. The lowest BCUT2D eigenvalue weighted by Gasteiger charge is -2.32. The second-order valence-corrected chi connectivity index (χ2v) is 11.6. The molecule has 4 nitrogen and oxygen atoms in total. The molecule has 2 aromatic rings. The first-order valence-corrected chi connectivity index (χ1v) is 11.4. The highest BCUT2D eigenvalue weighted by Crippen LogP contribution is 2.44. The molecular formula is C16H11Cl7O4S. The van der Waals surface area contributed by atoms with Crippen molar-refractivity contribution in [1.82, 2.24) is 0 Å². The molecule has 0 heterocycles. The Morgan fingerprint density at radius 2 is 1.39 bits per heavy atom.